The first-order valence-electron chi connectivity index (χ1n) is 5.97. The SMILES string of the molecule is Cc1c(NC(=O)C(C)n2cc(C(=O)O)cn2)cnn1C. The highest BCUT2D eigenvalue weighted by Gasteiger charge is 2.19. The molecule has 0 aromatic carbocycles. The Bertz CT molecular complexity index is 658. The Morgan fingerprint density at radius 3 is 2.55 bits per heavy atom. The van der Waals surface area contributed by atoms with Crippen molar-refractivity contribution in [2.75, 3.05) is 5.32 Å². The molecule has 1 atom stereocenters. The van der Waals surface area contributed by atoms with Gasteiger partial charge in [-0.05, 0) is 13.8 Å². The summed E-state index contributed by atoms with van der Waals surface area (Å²) in [4.78, 5) is 22.9. The standard InChI is InChI=1S/C12H15N5O3/c1-7-10(5-13-16(7)3)15-11(18)8(2)17-6-9(4-14-17)12(19)20/h4-6,8H,1-3H3,(H,15,18)(H,19,20). The zero-order valence-corrected chi connectivity index (χ0v) is 11.4. The lowest BCUT2D eigenvalue weighted by atomic mass is 10.3. The number of aromatic nitrogens is 4. The van der Waals surface area contributed by atoms with Gasteiger partial charge in [0, 0.05) is 13.2 Å². The lowest BCUT2D eigenvalue weighted by Crippen LogP contribution is -2.24. The third-order valence-electron chi connectivity index (χ3n) is 3.12. The van der Waals surface area contributed by atoms with Crippen LogP contribution in [-0.4, -0.2) is 36.5 Å². The summed E-state index contributed by atoms with van der Waals surface area (Å²) in [5, 5.41) is 19.5. The highest BCUT2D eigenvalue weighted by Crippen LogP contribution is 2.15. The number of hydrogen-bond donors (Lipinski definition) is 2. The van der Waals surface area contributed by atoms with Crippen LogP contribution in [0, 0.1) is 6.92 Å². The molecule has 2 N–H and O–H groups in total. The average molecular weight is 277 g/mol. The van der Waals surface area contributed by atoms with E-state index in [2.05, 4.69) is 15.5 Å². The van der Waals surface area contributed by atoms with Crippen molar-refractivity contribution in [1.29, 1.82) is 0 Å². The number of hydrogen-bond acceptors (Lipinski definition) is 4. The number of anilines is 1. The number of aryl methyl sites for hydroxylation is 1. The van der Waals surface area contributed by atoms with Gasteiger partial charge < -0.3 is 10.4 Å². The third kappa shape index (κ3) is 2.53. The monoisotopic (exact) mass is 277 g/mol. The molecule has 0 aliphatic rings. The van der Waals surface area contributed by atoms with Gasteiger partial charge in [0.05, 0.1) is 29.3 Å². The van der Waals surface area contributed by atoms with Crippen molar-refractivity contribution in [3.05, 3.63) is 29.8 Å². The van der Waals surface area contributed by atoms with Crippen LogP contribution >= 0.6 is 0 Å². The molecule has 1 unspecified atom stereocenters. The van der Waals surface area contributed by atoms with Crippen molar-refractivity contribution in [2.24, 2.45) is 7.05 Å². The van der Waals surface area contributed by atoms with Crippen molar-refractivity contribution >= 4 is 17.6 Å². The highest BCUT2D eigenvalue weighted by atomic mass is 16.4. The van der Waals surface area contributed by atoms with E-state index in [0.29, 0.717) is 5.69 Å². The van der Waals surface area contributed by atoms with E-state index in [1.54, 1.807) is 24.9 Å². The Balaban J connectivity index is 2.12. The molecule has 2 heterocycles. The molecule has 0 fully saturated rings. The fourth-order valence-corrected chi connectivity index (χ4v) is 1.64. The molecular weight excluding hydrogens is 262 g/mol. The van der Waals surface area contributed by atoms with Crippen molar-refractivity contribution in [2.45, 2.75) is 19.9 Å². The quantitative estimate of drug-likeness (QED) is 0.861. The number of carbonyl (C=O) groups is 2. The lowest BCUT2D eigenvalue weighted by Gasteiger charge is -2.12. The van der Waals surface area contributed by atoms with Crippen molar-refractivity contribution in [1.82, 2.24) is 19.6 Å². The number of nitrogens with zero attached hydrogens (tertiary/aromatic N) is 4. The van der Waals surface area contributed by atoms with Crippen LogP contribution in [0.2, 0.25) is 0 Å². The summed E-state index contributed by atoms with van der Waals surface area (Å²) in [6, 6.07) is -0.622. The smallest absolute Gasteiger partial charge is 0.338 e. The van der Waals surface area contributed by atoms with Crippen LogP contribution in [-0.2, 0) is 11.8 Å². The van der Waals surface area contributed by atoms with E-state index in [1.807, 2.05) is 6.92 Å². The predicted octanol–water partition coefficient (Wildman–Crippen LogP) is 0.823. The fraction of sp³-hybridized carbons (Fsp3) is 0.333. The fourth-order valence-electron chi connectivity index (χ4n) is 1.64. The number of carbonyl (C=O) groups excluding carboxylic acids is 1. The molecule has 0 spiro atoms. The Labute approximate surface area is 115 Å². The van der Waals surface area contributed by atoms with E-state index in [1.165, 1.54) is 17.1 Å². The van der Waals surface area contributed by atoms with Crippen molar-refractivity contribution in [3.8, 4) is 0 Å². The van der Waals surface area contributed by atoms with E-state index >= 15 is 0 Å². The highest BCUT2D eigenvalue weighted by molar-refractivity contribution is 5.94. The molecule has 0 saturated heterocycles. The summed E-state index contributed by atoms with van der Waals surface area (Å²) in [5.41, 5.74) is 1.49. The normalized spacial score (nSPS) is 12.2. The first-order valence-corrected chi connectivity index (χ1v) is 5.97. The van der Waals surface area contributed by atoms with Crippen molar-refractivity contribution < 1.29 is 14.7 Å². The second kappa shape index (κ2) is 5.16. The summed E-state index contributed by atoms with van der Waals surface area (Å²) < 4.78 is 2.96. The third-order valence-corrected chi connectivity index (χ3v) is 3.12. The van der Waals surface area contributed by atoms with Crippen LogP contribution in [0.1, 0.15) is 29.0 Å². The molecule has 8 heteroatoms. The van der Waals surface area contributed by atoms with Gasteiger partial charge in [-0.2, -0.15) is 10.2 Å². The van der Waals surface area contributed by atoms with Crippen molar-refractivity contribution in [3.63, 3.8) is 0 Å². The first-order chi connectivity index (χ1) is 9.40. The van der Waals surface area contributed by atoms with Crippen LogP contribution in [0.25, 0.3) is 0 Å². The second-order valence-corrected chi connectivity index (χ2v) is 4.45. The number of nitrogens with one attached hydrogen (secondary N) is 1. The minimum absolute atomic E-state index is 0.0437. The summed E-state index contributed by atoms with van der Waals surface area (Å²) >= 11 is 0. The van der Waals surface area contributed by atoms with Gasteiger partial charge in [0.15, 0.2) is 0 Å². The maximum Gasteiger partial charge on any atom is 0.338 e. The molecule has 0 bridgehead atoms. The molecule has 0 aliphatic heterocycles. The van der Waals surface area contributed by atoms with Gasteiger partial charge in [0.1, 0.15) is 6.04 Å². The minimum atomic E-state index is -1.08. The van der Waals surface area contributed by atoms with E-state index in [9.17, 15) is 9.59 Å². The van der Waals surface area contributed by atoms with Gasteiger partial charge in [0.25, 0.3) is 0 Å². The van der Waals surface area contributed by atoms with Crippen LogP contribution < -0.4 is 5.32 Å². The summed E-state index contributed by atoms with van der Waals surface area (Å²) in [7, 11) is 1.78. The molecule has 0 saturated carbocycles. The first kappa shape index (κ1) is 13.8. The van der Waals surface area contributed by atoms with E-state index in [4.69, 9.17) is 5.11 Å². The van der Waals surface area contributed by atoms with Crippen LogP contribution in [0.5, 0.6) is 0 Å². The van der Waals surface area contributed by atoms with Crippen LogP contribution in [0.15, 0.2) is 18.6 Å². The Hall–Kier alpha value is -2.64. The molecule has 20 heavy (non-hydrogen) atoms. The number of amides is 1. The largest absolute Gasteiger partial charge is 0.478 e. The van der Waals surface area contributed by atoms with E-state index in [0.717, 1.165) is 5.69 Å². The van der Waals surface area contributed by atoms with E-state index in [-0.39, 0.29) is 11.5 Å². The van der Waals surface area contributed by atoms with Crippen LogP contribution in [0.3, 0.4) is 0 Å². The zero-order chi connectivity index (χ0) is 14.9. The molecule has 106 valence electrons. The maximum atomic E-state index is 12.1. The van der Waals surface area contributed by atoms with Gasteiger partial charge in [-0.25, -0.2) is 4.79 Å². The molecule has 0 radical (unpaired) electrons. The number of carboxylic acid groups (broad SMARTS) is 1. The van der Waals surface area contributed by atoms with Crippen LogP contribution in [0.4, 0.5) is 5.69 Å². The topological polar surface area (TPSA) is 102 Å². The Kier molecular flexibility index (Phi) is 3.55. The molecular formula is C12H15N5O3. The van der Waals surface area contributed by atoms with E-state index < -0.39 is 12.0 Å². The van der Waals surface area contributed by atoms with Gasteiger partial charge in [0.2, 0.25) is 5.91 Å². The molecule has 2 rings (SSSR count). The predicted molar refractivity (Wildman–Crippen MR) is 70.5 cm³/mol. The molecule has 1 amide bonds. The molecule has 2 aromatic heterocycles. The number of rotatable bonds is 4. The Morgan fingerprint density at radius 2 is 2.05 bits per heavy atom. The zero-order valence-electron chi connectivity index (χ0n) is 11.4. The van der Waals surface area contributed by atoms with Gasteiger partial charge in [-0.15, -0.1) is 0 Å². The minimum Gasteiger partial charge on any atom is -0.478 e. The summed E-state index contributed by atoms with van der Waals surface area (Å²) in [5.74, 6) is -1.37. The average Bonchev–Trinajstić information content (AvgIpc) is 3.00. The number of carboxylic acids is 1. The Morgan fingerprint density at radius 1 is 1.35 bits per heavy atom. The van der Waals surface area contributed by atoms with Gasteiger partial charge in [-0.3, -0.25) is 14.2 Å². The summed E-state index contributed by atoms with van der Waals surface area (Å²) in [6.45, 7) is 3.48. The second-order valence-electron chi connectivity index (χ2n) is 4.45. The molecule has 0 aliphatic carbocycles. The maximum absolute atomic E-state index is 12.1. The van der Waals surface area contributed by atoms with Gasteiger partial charge >= 0.3 is 5.97 Å². The lowest BCUT2D eigenvalue weighted by molar-refractivity contribution is -0.119. The summed E-state index contributed by atoms with van der Waals surface area (Å²) in [6.07, 6.45) is 4.09. The molecule has 8 nitrogen and oxygen atoms in total. The molecule has 2 aromatic rings. The van der Waals surface area contributed by atoms with Gasteiger partial charge in [-0.1, -0.05) is 0 Å². The number of aromatic carboxylic acids is 1.